The number of hydrogen-bond acceptors (Lipinski definition) is 6. The smallest absolute Gasteiger partial charge is 0.339 e. The summed E-state index contributed by atoms with van der Waals surface area (Å²) < 4.78 is 29.0. The fraction of sp³-hybridized carbons (Fsp3) is 0.0714. The van der Waals surface area contributed by atoms with E-state index in [-0.39, 0.29) is 22.1 Å². The Labute approximate surface area is 126 Å². The van der Waals surface area contributed by atoms with Crippen LogP contribution in [0.3, 0.4) is 0 Å². The Bertz CT molecular complexity index is 809. The maximum atomic E-state index is 12.0. The molecule has 2 aromatic carbocycles. The zero-order valence-electron chi connectivity index (χ0n) is 11.4. The summed E-state index contributed by atoms with van der Waals surface area (Å²) in [6, 6.07) is 9.96. The molecule has 0 aliphatic rings. The molecule has 0 bridgehead atoms. The van der Waals surface area contributed by atoms with Crippen molar-refractivity contribution >= 4 is 21.6 Å². The number of nitro benzene ring substituents is 1. The Morgan fingerprint density at radius 1 is 1.05 bits per heavy atom. The van der Waals surface area contributed by atoms with E-state index in [0.29, 0.717) is 5.56 Å². The molecule has 0 spiro atoms. The molecule has 0 aromatic heterocycles. The van der Waals surface area contributed by atoms with Crippen molar-refractivity contribution in [3.05, 3.63) is 64.2 Å². The number of nitrogens with zero attached hydrogens (tertiary/aromatic N) is 1. The molecular weight excluding hydrogens is 310 g/mol. The van der Waals surface area contributed by atoms with E-state index in [1.165, 1.54) is 31.2 Å². The van der Waals surface area contributed by atoms with Crippen LogP contribution in [0.25, 0.3) is 0 Å². The minimum atomic E-state index is -4.10. The van der Waals surface area contributed by atoms with Crippen molar-refractivity contribution in [2.24, 2.45) is 0 Å². The number of Topliss-reactive ketones (excluding diaryl/α,β-unsaturated/α-hetero) is 1. The van der Waals surface area contributed by atoms with Crippen molar-refractivity contribution in [1.82, 2.24) is 0 Å². The predicted octanol–water partition coefficient (Wildman–Crippen LogP) is 2.57. The van der Waals surface area contributed by atoms with Gasteiger partial charge in [0.25, 0.3) is 5.69 Å². The molecule has 0 radical (unpaired) electrons. The molecule has 114 valence electrons. The predicted molar refractivity (Wildman–Crippen MR) is 77.4 cm³/mol. The maximum Gasteiger partial charge on any atom is 0.339 e. The lowest BCUT2D eigenvalue weighted by molar-refractivity contribution is -0.384. The van der Waals surface area contributed by atoms with Crippen molar-refractivity contribution in [3.63, 3.8) is 0 Å². The van der Waals surface area contributed by atoms with Gasteiger partial charge in [-0.1, -0.05) is 0 Å². The van der Waals surface area contributed by atoms with E-state index < -0.39 is 15.0 Å². The molecule has 0 saturated heterocycles. The van der Waals surface area contributed by atoms with Crippen LogP contribution in [-0.4, -0.2) is 19.1 Å². The van der Waals surface area contributed by atoms with Crippen LogP contribution in [-0.2, 0) is 10.1 Å². The third kappa shape index (κ3) is 3.47. The molecule has 0 unspecified atom stereocenters. The molecule has 0 atom stereocenters. The lowest BCUT2D eigenvalue weighted by Crippen LogP contribution is -2.09. The van der Waals surface area contributed by atoms with Gasteiger partial charge in [0.2, 0.25) is 0 Å². The average molecular weight is 321 g/mol. The van der Waals surface area contributed by atoms with Gasteiger partial charge in [0.05, 0.1) is 4.92 Å². The van der Waals surface area contributed by atoms with Gasteiger partial charge in [-0.2, -0.15) is 8.42 Å². The highest BCUT2D eigenvalue weighted by atomic mass is 32.2. The molecule has 22 heavy (non-hydrogen) atoms. The Balaban J connectivity index is 2.23. The first-order valence-electron chi connectivity index (χ1n) is 6.09. The summed E-state index contributed by atoms with van der Waals surface area (Å²) in [5.41, 5.74) is 0.213. The highest BCUT2D eigenvalue weighted by Crippen LogP contribution is 2.21. The van der Waals surface area contributed by atoms with Crippen LogP contribution < -0.4 is 4.18 Å². The van der Waals surface area contributed by atoms with E-state index in [4.69, 9.17) is 4.18 Å². The average Bonchev–Trinajstić information content (AvgIpc) is 2.47. The minimum absolute atomic E-state index is 0.0448. The van der Waals surface area contributed by atoms with Gasteiger partial charge in [-0.05, 0) is 43.3 Å². The Kier molecular flexibility index (Phi) is 4.22. The first-order valence-corrected chi connectivity index (χ1v) is 7.50. The van der Waals surface area contributed by atoms with Crippen molar-refractivity contribution in [3.8, 4) is 5.75 Å². The van der Waals surface area contributed by atoms with E-state index in [2.05, 4.69) is 0 Å². The molecule has 0 saturated carbocycles. The van der Waals surface area contributed by atoms with E-state index in [1.54, 1.807) is 0 Å². The summed E-state index contributed by atoms with van der Waals surface area (Å²) in [4.78, 5) is 20.8. The first-order chi connectivity index (χ1) is 10.3. The molecule has 0 amide bonds. The van der Waals surface area contributed by atoms with E-state index in [9.17, 15) is 23.3 Å². The van der Waals surface area contributed by atoms with Crippen LogP contribution in [0.1, 0.15) is 17.3 Å². The third-order valence-electron chi connectivity index (χ3n) is 2.80. The molecule has 0 fully saturated rings. The van der Waals surface area contributed by atoms with Gasteiger partial charge in [0.15, 0.2) is 5.78 Å². The fourth-order valence-corrected chi connectivity index (χ4v) is 2.58. The van der Waals surface area contributed by atoms with Crippen molar-refractivity contribution in [2.75, 3.05) is 0 Å². The number of benzene rings is 2. The van der Waals surface area contributed by atoms with Crippen LogP contribution in [0.4, 0.5) is 5.69 Å². The largest absolute Gasteiger partial charge is 0.379 e. The molecule has 0 N–H and O–H groups in total. The van der Waals surface area contributed by atoms with E-state index in [0.717, 1.165) is 24.3 Å². The zero-order chi connectivity index (χ0) is 16.3. The number of hydrogen-bond donors (Lipinski definition) is 0. The summed E-state index contributed by atoms with van der Waals surface area (Å²) in [5.74, 6) is -0.104. The quantitative estimate of drug-likeness (QED) is 0.363. The second kappa shape index (κ2) is 5.94. The molecule has 2 rings (SSSR count). The van der Waals surface area contributed by atoms with Gasteiger partial charge in [0.1, 0.15) is 10.6 Å². The molecule has 7 nitrogen and oxygen atoms in total. The van der Waals surface area contributed by atoms with E-state index >= 15 is 0 Å². The van der Waals surface area contributed by atoms with Crippen LogP contribution >= 0.6 is 0 Å². The zero-order valence-corrected chi connectivity index (χ0v) is 12.2. The second-order valence-electron chi connectivity index (χ2n) is 4.37. The normalized spacial score (nSPS) is 11.0. The molecule has 0 aliphatic carbocycles. The Morgan fingerprint density at radius 2 is 1.59 bits per heavy atom. The number of carbonyl (C=O) groups is 1. The molecule has 8 heteroatoms. The number of rotatable bonds is 5. The highest BCUT2D eigenvalue weighted by molar-refractivity contribution is 7.87. The number of non-ortho nitro benzene ring substituents is 1. The molecule has 0 heterocycles. The van der Waals surface area contributed by atoms with Crippen molar-refractivity contribution in [2.45, 2.75) is 11.8 Å². The van der Waals surface area contributed by atoms with Gasteiger partial charge in [-0.3, -0.25) is 14.9 Å². The van der Waals surface area contributed by atoms with Crippen LogP contribution in [0.2, 0.25) is 0 Å². The lowest BCUT2D eigenvalue weighted by Gasteiger charge is -2.07. The van der Waals surface area contributed by atoms with Crippen LogP contribution in [0.5, 0.6) is 5.75 Å². The summed E-state index contributed by atoms with van der Waals surface area (Å²) in [7, 11) is -4.10. The first kappa shape index (κ1) is 15.6. The second-order valence-corrected chi connectivity index (χ2v) is 5.92. The summed E-state index contributed by atoms with van der Waals surface area (Å²) in [6.07, 6.45) is 0. The third-order valence-corrected chi connectivity index (χ3v) is 4.06. The number of carbonyl (C=O) groups excluding carboxylic acids is 1. The highest BCUT2D eigenvalue weighted by Gasteiger charge is 2.18. The Morgan fingerprint density at radius 3 is 2.05 bits per heavy atom. The molecule has 0 aliphatic heterocycles. The van der Waals surface area contributed by atoms with Crippen molar-refractivity contribution in [1.29, 1.82) is 0 Å². The van der Waals surface area contributed by atoms with Gasteiger partial charge in [-0.25, -0.2) is 0 Å². The molecule has 2 aromatic rings. The Hall–Kier alpha value is -2.74. The topological polar surface area (TPSA) is 104 Å². The van der Waals surface area contributed by atoms with E-state index in [1.807, 2.05) is 0 Å². The summed E-state index contributed by atoms with van der Waals surface area (Å²) in [5, 5.41) is 10.5. The SMILES string of the molecule is CC(=O)c1ccc(OS(=O)(=O)c2ccc([N+](=O)[O-])cc2)cc1. The van der Waals surface area contributed by atoms with Gasteiger partial charge in [0, 0.05) is 17.7 Å². The standard InChI is InChI=1S/C14H11NO6S/c1-10(16)11-2-6-13(7-3-11)21-22(19,20)14-8-4-12(5-9-14)15(17)18/h2-9H,1H3. The summed E-state index contributed by atoms with van der Waals surface area (Å²) >= 11 is 0. The van der Waals surface area contributed by atoms with Gasteiger partial charge in [-0.15, -0.1) is 0 Å². The number of ketones is 1. The van der Waals surface area contributed by atoms with Gasteiger partial charge < -0.3 is 4.18 Å². The maximum absolute atomic E-state index is 12.0. The van der Waals surface area contributed by atoms with Crippen LogP contribution in [0.15, 0.2) is 53.4 Å². The minimum Gasteiger partial charge on any atom is -0.379 e. The molecular formula is C14H11NO6S. The van der Waals surface area contributed by atoms with Gasteiger partial charge >= 0.3 is 10.1 Å². The lowest BCUT2D eigenvalue weighted by atomic mass is 10.1. The van der Waals surface area contributed by atoms with Crippen molar-refractivity contribution < 1.29 is 22.3 Å². The monoisotopic (exact) mass is 321 g/mol. The fourth-order valence-electron chi connectivity index (χ4n) is 1.65. The number of nitro groups is 1. The summed E-state index contributed by atoms with van der Waals surface area (Å²) in [6.45, 7) is 1.39. The van der Waals surface area contributed by atoms with Crippen LogP contribution in [0, 0.1) is 10.1 Å².